The van der Waals surface area contributed by atoms with Crippen molar-refractivity contribution in [2.75, 3.05) is 13.1 Å². The Morgan fingerprint density at radius 2 is 1.81 bits per heavy atom. The molecule has 1 aromatic carbocycles. The standard InChI is InChI=1S/C15H21FN2O3/c1-15(2,3)18(10-13(19)20)14(21)17-9-8-11-4-6-12(16)7-5-11/h4-7H,8-10H2,1-3H3,(H,17,21)(H,19,20). The number of carbonyl (C=O) groups is 2. The Balaban J connectivity index is 2.54. The van der Waals surface area contributed by atoms with E-state index in [1.807, 2.05) is 0 Å². The summed E-state index contributed by atoms with van der Waals surface area (Å²) in [4.78, 5) is 24.2. The zero-order valence-electron chi connectivity index (χ0n) is 12.5. The highest BCUT2D eigenvalue weighted by Gasteiger charge is 2.28. The Kier molecular flexibility index (Phi) is 5.69. The van der Waals surface area contributed by atoms with E-state index < -0.39 is 17.5 Å². The lowest BCUT2D eigenvalue weighted by Gasteiger charge is -2.34. The van der Waals surface area contributed by atoms with Crippen molar-refractivity contribution in [2.24, 2.45) is 0 Å². The fourth-order valence-electron chi connectivity index (χ4n) is 1.81. The average Bonchev–Trinajstić information content (AvgIpc) is 2.36. The zero-order valence-corrected chi connectivity index (χ0v) is 12.5. The number of urea groups is 1. The van der Waals surface area contributed by atoms with E-state index in [1.54, 1.807) is 32.9 Å². The van der Waals surface area contributed by atoms with Crippen LogP contribution >= 0.6 is 0 Å². The van der Waals surface area contributed by atoms with Gasteiger partial charge in [0.15, 0.2) is 0 Å². The van der Waals surface area contributed by atoms with Crippen molar-refractivity contribution < 1.29 is 19.1 Å². The van der Waals surface area contributed by atoms with Gasteiger partial charge in [-0.15, -0.1) is 0 Å². The molecule has 21 heavy (non-hydrogen) atoms. The number of amides is 2. The van der Waals surface area contributed by atoms with Gasteiger partial charge in [0, 0.05) is 12.1 Å². The molecule has 0 aliphatic rings. The van der Waals surface area contributed by atoms with E-state index in [2.05, 4.69) is 5.32 Å². The quantitative estimate of drug-likeness (QED) is 0.875. The highest BCUT2D eigenvalue weighted by Crippen LogP contribution is 2.13. The molecule has 5 nitrogen and oxygen atoms in total. The maximum absolute atomic E-state index is 12.8. The van der Waals surface area contributed by atoms with Gasteiger partial charge in [-0.2, -0.15) is 0 Å². The van der Waals surface area contributed by atoms with Crippen LogP contribution in [0.5, 0.6) is 0 Å². The van der Waals surface area contributed by atoms with Gasteiger partial charge in [0.1, 0.15) is 12.4 Å². The van der Waals surface area contributed by atoms with Gasteiger partial charge in [0.2, 0.25) is 0 Å². The molecule has 2 N–H and O–H groups in total. The van der Waals surface area contributed by atoms with Crippen molar-refractivity contribution in [1.82, 2.24) is 10.2 Å². The van der Waals surface area contributed by atoms with E-state index in [0.29, 0.717) is 13.0 Å². The molecular formula is C15H21FN2O3. The van der Waals surface area contributed by atoms with Crippen molar-refractivity contribution in [2.45, 2.75) is 32.7 Å². The molecule has 1 rings (SSSR count). The SMILES string of the molecule is CC(C)(C)N(CC(=O)O)C(=O)NCCc1ccc(F)cc1. The van der Waals surface area contributed by atoms with Crippen LogP contribution < -0.4 is 5.32 Å². The lowest BCUT2D eigenvalue weighted by molar-refractivity contribution is -0.138. The Morgan fingerprint density at radius 3 is 2.29 bits per heavy atom. The summed E-state index contributed by atoms with van der Waals surface area (Å²) < 4.78 is 12.8. The molecule has 0 aliphatic carbocycles. The van der Waals surface area contributed by atoms with Crippen LogP contribution in [-0.4, -0.2) is 40.6 Å². The maximum atomic E-state index is 12.8. The molecule has 0 fully saturated rings. The van der Waals surface area contributed by atoms with Gasteiger partial charge >= 0.3 is 12.0 Å². The number of hydrogen-bond acceptors (Lipinski definition) is 2. The van der Waals surface area contributed by atoms with Crippen LogP contribution in [0, 0.1) is 5.82 Å². The number of nitrogens with one attached hydrogen (secondary N) is 1. The van der Waals surface area contributed by atoms with Gasteiger partial charge in [-0.25, -0.2) is 9.18 Å². The Morgan fingerprint density at radius 1 is 1.24 bits per heavy atom. The molecular weight excluding hydrogens is 275 g/mol. The average molecular weight is 296 g/mol. The summed E-state index contributed by atoms with van der Waals surface area (Å²) in [5, 5.41) is 11.6. The van der Waals surface area contributed by atoms with Crippen molar-refractivity contribution in [3.63, 3.8) is 0 Å². The highest BCUT2D eigenvalue weighted by atomic mass is 19.1. The van der Waals surface area contributed by atoms with Crippen LogP contribution in [0.2, 0.25) is 0 Å². The minimum atomic E-state index is -1.06. The van der Waals surface area contributed by atoms with E-state index in [-0.39, 0.29) is 12.4 Å². The number of carboxylic acids is 1. The van der Waals surface area contributed by atoms with Crippen molar-refractivity contribution >= 4 is 12.0 Å². The fraction of sp³-hybridized carbons (Fsp3) is 0.467. The molecule has 1 aromatic rings. The van der Waals surface area contributed by atoms with Crippen molar-refractivity contribution in [3.8, 4) is 0 Å². The lowest BCUT2D eigenvalue weighted by Crippen LogP contribution is -2.52. The number of aliphatic carboxylic acids is 1. The first-order chi connectivity index (χ1) is 9.70. The summed E-state index contributed by atoms with van der Waals surface area (Å²) in [5.41, 5.74) is 0.315. The second-order valence-electron chi connectivity index (χ2n) is 5.76. The largest absolute Gasteiger partial charge is 0.480 e. The van der Waals surface area contributed by atoms with Crippen molar-refractivity contribution in [3.05, 3.63) is 35.6 Å². The summed E-state index contributed by atoms with van der Waals surface area (Å²) in [5.74, 6) is -1.36. The maximum Gasteiger partial charge on any atom is 0.323 e. The number of benzene rings is 1. The molecule has 0 radical (unpaired) electrons. The first kappa shape index (κ1) is 16.9. The molecule has 0 aromatic heterocycles. The van der Waals surface area contributed by atoms with Crippen LogP contribution in [0.25, 0.3) is 0 Å². The van der Waals surface area contributed by atoms with Crippen LogP contribution in [0.1, 0.15) is 26.3 Å². The van der Waals surface area contributed by atoms with Gasteiger partial charge in [-0.1, -0.05) is 12.1 Å². The van der Waals surface area contributed by atoms with Crippen LogP contribution in [0.3, 0.4) is 0 Å². The number of rotatable bonds is 5. The fourth-order valence-corrected chi connectivity index (χ4v) is 1.81. The molecule has 116 valence electrons. The van der Waals surface area contributed by atoms with Gasteiger partial charge in [-0.3, -0.25) is 4.79 Å². The summed E-state index contributed by atoms with van der Waals surface area (Å²) in [7, 11) is 0. The monoisotopic (exact) mass is 296 g/mol. The third-order valence-corrected chi connectivity index (χ3v) is 2.95. The number of halogens is 1. The Bertz CT molecular complexity index is 495. The summed E-state index contributed by atoms with van der Waals surface area (Å²) in [6.45, 7) is 5.32. The highest BCUT2D eigenvalue weighted by molar-refractivity contribution is 5.80. The molecule has 0 unspecified atom stereocenters. The predicted octanol–water partition coefficient (Wildman–Crippen LogP) is 2.26. The molecule has 0 saturated heterocycles. The smallest absolute Gasteiger partial charge is 0.323 e. The number of nitrogens with zero attached hydrogens (tertiary/aromatic N) is 1. The zero-order chi connectivity index (χ0) is 16.0. The Labute approximate surface area is 123 Å². The molecule has 0 saturated carbocycles. The minimum absolute atomic E-state index is 0.303. The van der Waals surface area contributed by atoms with Gasteiger partial charge in [-0.05, 0) is 44.9 Å². The van der Waals surface area contributed by atoms with Gasteiger partial charge in [0.05, 0.1) is 0 Å². The summed E-state index contributed by atoms with van der Waals surface area (Å²) in [6.07, 6.45) is 0.553. The van der Waals surface area contributed by atoms with Gasteiger partial charge in [0.25, 0.3) is 0 Å². The number of hydrogen-bond donors (Lipinski definition) is 2. The van der Waals surface area contributed by atoms with E-state index in [1.165, 1.54) is 17.0 Å². The van der Waals surface area contributed by atoms with E-state index in [9.17, 15) is 14.0 Å². The lowest BCUT2D eigenvalue weighted by atomic mass is 10.1. The summed E-state index contributed by atoms with van der Waals surface area (Å²) >= 11 is 0. The molecule has 0 heterocycles. The second-order valence-corrected chi connectivity index (χ2v) is 5.76. The number of carboxylic acid groups (broad SMARTS) is 1. The minimum Gasteiger partial charge on any atom is -0.480 e. The first-order valence-electron chi connectivity index (χ1n) is 6.72. The molecule has 2 amide bonds. The molecule has 0 atom stereocenters. The molecule has 6 heteroatoms. The van der Waals surface area contributed by atoms with Crippen molar-refractivity contribution in [1.29, 1.82) is 0 Å². The third-order valence-electron chi connectivity index (χ3n) is 2.95. The normalized spacial score (nSPS) is 11.0. The molecule has 0 spiro atoms. The van der Waals surface area contributed by atoms with Gasteiger partial charge < -0.3 is 15.3 Å². The van der Waals surface area contributed by atoms with E-state index in [0.717, 1.165) is 5.56 Å². The van der Waals surface area contributed by atoms with Crippen LogP contribution in [-0.2, 0) is 11.2 Å². The van der Waals surface area contributed by atoms with E-state index in [4.69, 9.17) is 5.11 Å². The Hall–Kier alpha value is -2.11. The second kappa shape index (κ2) is 7.06. The molecule has 0 aliphatic heterocycles. The summed E-state index contributed by atoms with van der Waals surface area (Å²) in [6, 6.07) is 5.61. The van der Waals surface area contributed by atoms with E-state index >= 15 is 0 Å². The number of carbonyl (C=O) groups excluding carboxylic acids is 1. The topological polar surface area (TPSA) is 69.6 Å². The predicted molar refractivity (Wildman–Crippen MR) is 77.6 cm³/mol. The van der Waals surface area contributed by atoms with Crippen LogP contribution in [0.4, 0.5) is 9.18 Å². The third kappa shape index (κ3) is 5.81. The molecule has 0 bridgehead atoms. The van der Waals surface area contributed by atoms with Crippen LogP contribution in [0.15, 0.2) is 24.3 Å². The first-order valence-corrected chi connectivity index (χ1v) is 6.72.